The summed E-state index contributed by atoms with van der Waals surface area (Å²) in [4.78, 5) is 91.2. The molecule has 46 heteroatoms. The van der Waals surface area contributed by atoms with E-state index < -0.39 is 93.2 Å². The smallest absolute Gasteiger partial charge is 0.420 e. The van der Waals surface area contributed by atoms with Crippen molar-refractivity contribution in [1.29, 1.82) is 0 Å². The van der Waals surface area contributed by atoms with Gasteiger partial charge >= 0.3 is 36.1 Å². The second kappa shape index (κ2) is 47.8. The van der Waals surface area contributed by atoms with E-state index in [4.69, 9.17) is 19.1 Å². The van der Waals surface area contributed by atoms with Crippen LogP contribution in [0.1, 0.15) is 125 Å². The van der Waals surface area contributed by atoms with Gasteiger partial charge in [0, 0.05) is 126 Å². The highest BCUT2D eigenvalue weighted by molar-refractivity contribution is 9.18. The van der Waals surface area contributed by atoms with Crippen molar-refractivity contribution >= 4 is 186 Å². The van der Waals surface area contributed by atoms with Gasteiger partial charge in [0.2, 0.25) is 32.4 Å². The maximum atomic E-state index is 13.1. The third-order valence-electron chi connectivity index (χ3n) is 19.4. The Bertz CT molecular complexity index is 6440. The first-order valence-electron chi connectivity index (χ1n) is 38.5. The number of H-pyrrole nitrogens is 3. The number of alkyl halides is 9. The number of nitrogens with one attached hydrogen (secondary N) is 4. The second-order valence-electron chi connectivity index (χ2n) is 29.1. The highest BCUT2D eigenvalue weighted by Gasteiger charge is 2.47. The molecule has 0 aliphatic carbocycles. The van der Waals surface area contributed by atoms with Crippen LogP contribution in [0.4, 0.5) is 54.1 Å². The minimum atomic E-state index is -4.56. The molecule has 0 bridgehead atoms. The molecule has 14 heterocycles. The molecule has 1 aliphatic rings. The van der Waals surface area contributed by atoms with Crippen molar-refractivity contribution in [3.05, 3.63) is 312 Å². The molecular formula is C86H81Br4Cl2F11N15O12SSi+. The van der Waals surface area contributed by atoms with Crippen LogP contribution in [0.5, 0.6) is 0 Å². The Morgan fingerprint density at radius 2 is 1.07 bits per heavy atom. The van der Waals surface area contributed by atoms with Crippen molar-refractivity contribution in [2.75, 3.05) is 32.6 Å². The van der Waals surface area contributed by atoms with E-state index in [1.807, 2.05) is 54.7 Å². The SMILES string of the molecule is CC(O)(C[N+](=O)[O-])c1cccnc1F.CC1(O)CNc2ncccc21.COC(=O)c1c[nH]c2nc(Br)ccc12.COC(=O)c1cn([Si](C(C)C)(C(C)C)C(C)C)c2nc(Br)ccc12.FC(F)(F)c1c[nH]c2ncccc12.Fc1ccccn1.O=C(Br)c1ccccc1.O=C(c1ccccc1)n1cc(C(F)(F)F)c2ccc(Br)nc21.O=S(Cl)Cl.O[n+]1cccc2c(C(F)(F)F)c[nH]c21. The number of hydrogen-bond donors (Lipinski definition) is 7. The van der Waals surface area contributed by atoms with Gasteiger partial charge in [-0.15, -0.1) is 0 Å². The van der Waals surface area contributed by atoms with Crippen LogP contribution in [-0.2, 0) is 48.4 Å². The van der Waals surface area contributed by atoms with Crippen LogP contribution in [-0.4, -0.2) is 141 Å². The van der Waals surface area contributed by atoms with Crippen molar-refractivity contribution in [3.63, 3.8) is 0 Å². The number of hydrogen-bond acceptors (Lipinski definition) is 20. The highest BCUT2D eigenvalue weighted by Crippen LogP contribution is 2.46. The Balaban J connectivity index is 0.000000206. The lowest BCUT2D eigenvalue weighted by atomic mass is 9.98. The van der Waals surface area contributed by atoms with Gasteiger partial charge in [0.15, 0.2) is 13.8 Å². The molecule has 1 aliphatic heterocycles. The first-order chi connectivity index (χ1) is 61.9. The average molecular weight is 2180 g/mol. The largest absolute Gasteiger partial charge is 0.465 e. The molecule has 7 N–H and O–H groups in total. The predicted octanol–water partition coefficient (Wildman–Crippen LogP) is 22.4. The maximum Gasteiger partial charge on any atom is 0.420 e. The van der Waals surface area contributed by atoms with Crippen LogP contribution in [0.3, 0.4) is 0 Å². The lowest BCUT2D eigenvalue weighted by molar-refractivity contribution is -0.885. The van der Waals surface area contributed by atoms with Crippen LogP contribution in [0, 0.1) is 22.0 Å². The zero-order valence-electron chi connectivity index (χ0n) is 70.8. The van der Waals surface area contributed by atoms with E-state index in [0.29, 0.717) is 54.8 Å². The van der Waals surface area contributed by atoms with E-state index in [1.165, 1.54) is 101 Å². The number of aromatic amines is 3. The molecule has 2 unspecified atom stereocenters. The summed E-state index contributed by atoms with van der Waals surface area (Å²) in [6.07, 6.45) is -0.127. The Labute approximate surface area is 791 Å². The Morgan fingerprint density at radius 3 is 1.58 bits per heavy atom. The number of benzene rings is 2. The van der Waals surface area contributed by atoms with Gasteiger partial charge in [0.1, 0.15) is 65.8 Å². The number of pyridine rings is 8. The normalized spacial score (nSPS) is 13.1. The molecule has 15 aromatic rings. The highest BCUT2D eigenvalue weighted by atomic mass is 79.9. The van der Waals surface area contributed by atoms with E-state index >= 15 is 0 Å². The second-order valence-corrected chi connectivity index (χ2v) is 40.5. The van der Waals surface area contributed by atoms with Crippen LogP contribution in [0.2, 0.25) is 16.6 Å². The monoisotopic (exact) mass is 2170 g/mol. The van der Waals surface area contributed by atoms with Gasteiger partial charge in [-0.25, -0.2) is 53.7 Å². The Kier molecular flexibility index (Phi) is 39.0. The molecule has 132 heavy (non-hydrogen) atoms. The first kappa shape index (κ1) is 108. The van der Waals surface area contributed by atoms with E-state index in [0.717, 1.165) is 60.2 Å². The average Bonchev–Trinajstić information content (AvgIpc) is 1.52. The minimum Gasteiger partial charge on any atom is -0.465 e. The van der Waals surface area contributed by atoms with Crippen LogP contribution in [0.15, 0.2) is 240 Å². The van der Waals surface area contributed by atoms with Gasteiger partial charge < -0.3 is 44.4 Å². The number of carbonyl (C=O) groups excluding carboxylic acids is 4. The standard InChI is InChI=1S/C18H27BrN2O2Si.C15H8BrF3N2O.C9H7BrN2O2.C8H5F3N2O.C8H5F3N2.C8H9FN2O3.C8H10N2O.C7H5BrO.C5H4FN.Cl2OS/c1-11(2)24(12(3)4,13(5)6)21-10-15(18(22)23-7)14-8-9-16(19)20-17(14)21;16-12-7-6-10-11(15(17,18)19)8-21(13(10)20-12)14(22)9-4-2-1-3-5-9;1-14-9(13)6-4-11-8-5(6)2-3-7(10)12-8;9-8(10,11)6-4-12-7-5(6)2-1-3-13(7)14;9-8(10,11)6-4-13-7-5(6)2-1-3-12-7;1-8(12,5-11(13)14)6-3-2-4-10-7(6)9;1-8(11)5-10-7-6(8)3-2-4-9-7;8-7(9)6-4-2-1-3-5-6;6-5-3-1-2-4-7-5;1-4(2)3/h8-13H,1-7H3;1-8H;2-4H,1H3,(H,11,12);1-4,14H;1-4H,(H,12,13);2-4,12H,5H2,1H3;2-4,11H,5H2,1H3,(H,9,10);1-5H;1-4H;/p+1. The molecule has 2 atom stereocenters. The number of methoxy groups -OCH3 is 2. The van der Waals surface area contributed by atoms with E-state index in [1.54, 1.807) is 80.0 Å². The molecule has 0 spiro atoms. The third-order valence-corrected chi connectivity index (χ3v) is 27.9. The maximum absolute atomic E-state index is 13.1. The summed E-state index contributed by atoms with van der Waals surface area (Å²) < 4.78 is 163. The first-order valence-corrected chi connectivity index (χ1v) is 46.6. The number of rotatable bonds is 11. The lowest BCUT2D eigenvalue weighted by Crippen LogP contribution is -2.51. The summed E-state index contributed by atoms with van der Waals surface area (Å²) in [6.45, 7) is 16.6. The number of fused-ring (bicyclic) bond motifs is 6. The molecule has 0 saturated heterocycles. The lowest BCUT2D eigenvalue weighted by Gasteiger charge is -2.44. The Morgan fingerprint density at radius 1 is 0.583 bits per heavy atom. The topological polar surface area (TPSA) is 371 Å². The molecule has 0 amide bonds. The molecule has 13 aromatic heterocycles. The molecule has 0 fully saturated rings. The minimum absolute atomic E-state index is 0.0276. The number of esters is 2. The number of anilines is 1. The van der Waals surface area contributed by atoms with Crippen LogP contribution >= 0.6 is 85.1 Å². The molecule has 27 nitrogen and oxygen atoms in total. The summed E-state index contributed by atoms with van der Waals surface area (Å²) >= 11 is 12.7. The molecule has 0 radical (unpaired) electrons. The molecule has 16 rings (SSSR count). The Hall–Kier alpha value is -11.4. The third kappa shape index (κ3) is 28.8. The van der Waals surface area contributed by atoms with Gasteiger partial charge in [0.05, 0.1) is 41.9 Å². The summed E-state index contributed by atoms with van der Waals surface area (Å²) in [5.74, 6) is -1.74. The fourth-order valence-corrected chi connectivity index (χ4v) is 21.5. The van der Waals surface area contributed by atoms with Crippen LogP contribution < -0.4 is 10.0 Å². The van der Waals surface area contributed by atoms with E-state index in [-0.39, 0.29) is 60.9 Å². The number of carbonyl (C=O) groups is 4. The summed E-state index contributed by atoms with van der Waals surface area (Å²) in [5, 5.41) is 43.3. The van der Waals surface area contributed by atoms with Crippen molar-refractivity contribution in [2.24, 2.45) is 0 Å². The van der Waals surface area contributed by atoms with Gasteiger partial charge in [0.25, 0.3) is 5.91 Å². The summed E-state index contributed by atoms with van der Waals surface area (Å²) in [5.41, 5.74) is 1.23. The number of aliphatic hydroxyl groups is 2. The number of nitro groups is 1. The van der Waals surface area contributed by atoms with Gasteiger partial charge in [-0.1, -0.05) is 107 Å². The van der Waals surface area contributed by atoms with Gasteiger partial charge in [-0.2, -0.15) is 48.3 Å². The number of ether oxygens (including phenoxy) is 2. The summed E-state index contributed by atoms with van der Waals surface area (Å²) in [7, 11) is 8.14. The van der Waals surface area contributed by atoms with E-state index in [2.05, 4.69) is 186 Å². The zero-order valence-corrected chi connectivity index (χ0v) is 80.4. The number of nitrogens with zero attached hydrogens (tertiary/aromatic N) is 11. The van der Waals surface area contributed by atoms with Crippen molar-refractivity contribution in [2.45, 2.75) is 102 Å². The molecule has 0 saturated carbocycles. The van der Waals surface area contributed by atoms with Gasteiger partial charge in [-0.05, 0) is 197 Å². The molecular weight excluding hydrogens is 2090 g/mol. The van der Waals surface area contributed by atoms with E-state index in [9.17, 15) is 87.8 Å². The fraction of sp³-hybridized carbons (Fsp3) is 0.233. The van der Waals surface area contributed by atoms with Crippen molar-refractivity contribution in [3.8, 4) is 0 Å². The van der Waals surface area contributed by atoms with Crippen molar-refractivity contribution in [1.82, 2.24) is 58.6 Å². The van der Waals surface area contributed by atoms with Crippen molar-refractivity contribution < 1.29 is 106 Å². The van der Waals surface area contributed by atoms with Gasteiger partial charge in [-0.3, -0.25) is 24.3 Å². The number of aromatic nitrogens is 13. The number of halogens is 17. The summed E-state index contributed by atoms with van der Waals surface area (Å²) in [6, 6.07) is 43.8. The molecule has 2 aromatic carbocycles. The zero-order chi connectivity index (χ0) is 98.1. The number of β-amino-alcohol motifs (C(OH)–C–C–N with tert-alkyl or cyclic N) is 1. The molecule has 700 valence electrons. The quantitative estimate of drug-likeness (QED) is 0.00728. The fourth-order valence-electron chi connectivity index (χ4n) is 13.8. The van der Waals surface area contributed by atoms with Crippen LogP contribution in [0.25, 0.3) is 55.2 Å². The predicted molar refractivity (Wildman–Crippen MR) is 492 cm³/mol.